The minimum Gasteiger partial charge on any atom is -0.356 e. The number of fused-ring (bicyclic) bond motifs is 1. The van der Waals surface area contributed by atoms with Gasteiger partial charge in [0.05, 0.1) is 11.7 Å². The molecule has 1 unspecified atom stereocenters. The monoisotopic (exact) mass is 403 g/mol. The number of carbonyl (C=O) groups excluding carboxylic acids is 1. The fourth-order valence-electron chi connectivity index (χ4n) is 4.86. The molecule has 0 bridgehead atoms. The van der Waals surface area contributed by atoms with Crippen LogP contribution in [-0.2, 0) is 0 Å². The third-order valence-electron chi connectivity index (χ3n) is 6.40. The van der Waals surface area contributed by atoms with Gasteiger partial charge in [0, 0.05) is 43.0 Å². The number of anilines is 1. The van der Waals surface area contributed by atoms with Crippen molar-refractivity contribution in [3.63, 3.8) is 0 Å². The van der Waals surface area contributed by atoms with Crippen molar-refractivity contribution < 1.29 is 4.79 Å². The number of piperidine rings is 1. The van der Waals surface area contributed by atoms with Crippen LogP contribution in [0.15, 0.2) is 36.5 Å². The lowest BCUT2D eigenvalue weighted by molar-refractivity contribution is 0.0605. The molecule has 2 fully saturated rings. The molecular weight excluding hydrogens is 374 g/mol. The molecule has 0 N–H and O–H groups in total. The van der Waals surface area contributed by atoms with Gasteiger partial charge in [-0.2, -0.15) is 5.10 Å². The van der Waals surface area contributed by atoms with Gasteiger partial charge in [0.25, 0.3) is 5.91 Å². The molecule has 0 radical (unpaired) electrons. The smallest absolute Gasteiger partial charge is 0.254 e. The number of carbonyl (C=O) groups is 1. The first-order chi connectivity index (χ1) is 14.6. The number of benzene rings is 1. The van der Waals surface area contributed by atoms with Crippen molar-refractivity contribution in [3.05, 3.63) is 58.9 Å². The van der Waals surface area contributed by atoms with Crippen LogP contribution in [-0.4, -0.2) is 45.0 Å². The highest BCUT2D eigenvalue weighted by atomic mass is 16.2. The predicted molar refractivity (Wildman–Crippen MR) is 118 cm³/mol. The van der Waals surface area contributed by atoms with Gasteiger partial charge in [-0.25, -0.2) is 9.50 Å². The molecule has 5 rings (SSSR count). The number of aromatic nitrogens is 3. The molecule has 3 aromatic rings. The second-order valence-corrected chi connectivity index (χ2v) is 8.69. The van der Waals surface area contributed by atoms with E-state index >= 15 is 0 Å². The van der Waals surface area contributed by atoms with Crippen LogP contribution in [0.25, 0.3) is 5.65 Å². The molecule has 6 nitrogen and oxygen atoms in total. The highest BCUT2D eigenvalue weighted by Gasteiger charge is 2.31. The van der Waals surface area contributed by atoms with Gasteiger partial charge in [-0.15, -0.1) is 0 Å². The van der Waals surface area contributed by atoms with Gasteiger partial charge in [-0.05, 0) is 58.1 Å². The molecular formula is C24H29N5O. The molecule has 6 heteroatoms. The molecule has 0 aliphatic carbocycles. The summed E-state index contributed by atoms with van der Waals surface area (Å²) in [5, 5.41) is 4.85. The standard InChI is InChI=1S/C24H29N5O/c1-17-8-7-9-19(14-17)24(30)28-13-4-3-10-21(28)20-15-22-25-23(27-11-5-6-12-27)18(2)16-29(22)26-20/h7-9,14-16,21H,3-6,10-13H2,1-2H3. The molecule has 0 saturated carbocycles. The SMILES string of the molecule is Cc1cccc(C(=O)N2CCCCC2c2cc3nc(N4CCCC4)c(C)cn3n2)c1. The summed E-state index contributed by atoms with van der Waals surface area (Å²) in [5.41, 5.74) is 4.83. The van der Waals surface area contributed by atoms with Crippen molar-refractivity contribution >= 4 is 17.4 Å². The van der Waals surface area contributed by atoms with Crippen molar-refractivity contribution in [2.75, 3.05) is 24.5 Å². The second kappa shape index (κ2) is 7.74. The topological polar surface area (TPSA) is 53.7 Å². The Morgan fingerprint density at radius 3 is 2.63 bits per heavy atom. The molecule has 156 valence electrons. The molecule has 30 heavy (non-hydrogen) atoms. The Bertz CT molecular complexity index is 1080. The summed E-state index contributed by atoms with van der Waals surface area (Å²) >= 11 is 0. The van der Waals surface area contributed by atoms with E-state index in [1.807, 2.05) is 40.6 Å². The first-order valence-electron chi connectivity index (χ1n) is 11.1. The number of hydrogen-bond donors (Lipinski definition) is 0. The predicted octanol–water partition coefficient (Wildman–Crippen LogP) is 4.31. The maximum Gasteiger partial charge on any atom is 0.254 e. The normalized spacial score (nSPS) is 19.6. The van der Waals surface area contributed by atoms with Gasteiger partial charge >= 0.3 is 0 Å². The van der Waals surface area contributed by atoms with Crippen LogP contribution in [0.3, 0.4) is 0 Å². The van der Waals surface area contributed by atoms with Crippen molar-refractivity contribution in [2.45, 2.75) is 52.0 Å². The molecule has 1 aromatic carbocycles. The average molecular weight is 404 g/mol. The number of nitrogens with zero attached hydrogens (tertiary/aromatic N) is 5. The van der Waals surface area contributed by atoms with Crippen LogP contribution in [0, 0.1) is 13.8 Å². The summed E-state index contributed by atoms with van der Waals surface area (Å²) in [6.07, 6.45) is 7.64. The van der Waals surface area contributed by atoms with Crippen molar-refractivity contribution in [1.29, 1.82) is 0 Å². The molecule has 1 amide bonds. The lowest BCUT2D eigenvalue weighted by atomic mass is 9.98. The van der Waals surface area contributed by atoms with Crippen LogP contribution < -0.4 is 4.90 Å². The van der Waals surface area contributed by atoms with Gasteiger partial charge in [-0.3, -0.25) is 4.79 Å². The Balaban J connectivity index is 1.48. The zero-order valence-corrected chi connectivity index (χ0v) is 17.8. The first-order valence-corrected chi connectivity index (χ1v) is 11.1. The number of likely N-dealkylation sites (tertiary alicyclic amines) is 1. The maximum atomic E-state index is 13.3. The van der Waals surface area contributed by atoms with E-state index < -0.39 is 0 Å². The van der Waals surface area contributed by atoms with Crippen molar-refractivity contribution in [3.8, 4) is 0 Å². The number of amides is 1. The average Bonchev–Trinajstić information content (AvgIpc) is 3.42. The first kappa shape index (κ1) is 19.1. The summed E-state index contributed by atoms with van der Waals surface area (Å²) in [6, 6.07) is 9.95. The van der Waals surface area contributed by atoms with E-state index in [1.165, 1.54) is 12.8 Å². The Kier molecular flexibility index (Phi) is 4.93. The van der Waals surface area contributed by atoms with Gasteiger partial charge < -0.3 is 9.80 Å². The van der Waals surface area contributed by atoms with Crippen LogP contribution in [0.2, 0.25) is 0 Å². The Morgan fingerprint density at radius 1 is 1.03 bits per heavy atom. The molecule has 2 aromatic heterocycles. The molecule has 2 aliphatic heterocycles. The lowest BCUT2D eigenvalue weighted by Gasteiger charge is -2.34. The fraction of sp³-hybridized carbons (Fsp3) is 0.458. The third kappa shape index (κ3) is 3.44. The van der Waals surface area contributed by atoms with Gasteiger partial charge in [0.1, 0.15) is 5.82 Å². The summed E-state index contributed by atoms with van der Waals surface area (Å²) in [6.45, 7) is 7.06. The van der Waals surface area contributed by atoms with Crippen LogP contribution in [0.5, 0.6) is 0 Å². The van der Waals surface area contributed by atoms with E-state index in [1.54, 1.807) is 0 Å². The van der Waals surface area contributed by atoms with E-state index in [0.717, 1.165) is 72.7 Å². The van der Waals surface area contributed by atoms with Gasteiger partial charge in [0.15, 0.2) is 5.65 Å². The fourth-order valence-corrected chi connectivity index (χ4v) is 4.86. The minimum absolute atomic E-state index is 0.00371. The number of aryl methyl sites for hydroxylation is 2. The van der Waals surface area contributed by atoms with E-state index in [-0.39, 0.29) is 11.9 Å². The Hall–Kier alpha value is -2.89. The number of rotatable bonds is 3. The summed E-state index contributed by atoms with van der Waals surface area (Å²) in [4.78, 5) is 22.6. The van der Waals surface area contributed by atoms with E-state index in [0.29, 0.717) is 0 Å². The Labute approximate surface area is 177 Å². The molecule has 1 atom stereocenters. The van der Waals surface area contributed by atoms with Crippen LogP contribution >= 0.6 is 0 Å². The minimum atomic E-state index is 0.00371. The molecule has 4 heterocycles. The third-order valence-corrected chi connectivity index (χ3v) is 6.40. The highest BCUT2D eigenvalue weighted by molar-refractivity contribution is 5.94. The van der Waals surface area contributed by atoms with Crippen LogP contribution in [0.4, 0.5) is 5.82 Å². The summed E-state index contributed by atoms with van der Waals surface area (Å²) in [5.74, 6) is 1.17. The highest BCUT2D eigenvalue weighted by Crippen LogP contribution is 2.32. The number of hydrogen-bond acceptors (Lipinski definition) is 4. The van der Waals surface area contributed by atoms with Gasteiger partial charge in [-0.1, -0.05) is 17.7 Å². The summed E-state index contributed by atoms with van der Waals surface area (Å²) in [7, 11) is 0. The molecule has 2 saturated heterocycles. The van der Waals surface area contributed by atoms with E-state index in [2.05, 4.69) is 24.1 Å². The van der Waals surface area contributed by atoms with Gasteiger partial charge in [0.2, 0.25) is 0 Å². The van der Waals surface area contributed by atoms with Crippen molar-refractivity contribution in [1.82, 2.24) is 19.5 Å². The quantitative estimate of drug-likeness (QED) is 0.654. The lowest BCUT2D eigenvalue weighted by Crippen LogP contribution is -2.38. The maximum absolute atomic E-state index is 13.3. The molecule has 0 spiro atoms. The van der Waals surface area contributed by atoms with E-state index in [9.17, 15) is 4.79 Å². The molecule has 2 aliphatic rings. The second-order valence-electron chi connectivity index (χ2n) is 8.69. The summed E-state index contributed by atoms with van der Waals surface area (Å²) < 4.78 is 1.88. The van der Waals surface area contributed by atoms with Crippen LogP contribution in [0.1, 0.15) is 65.3 Å². The largest absolute Gasteiger partial charge is 0.356 e. The zero-order chi connectivity index (χ0) is 20.7. The zero-order valence-electron chi connectivity index (χ0n) is 17.8. The van der Waals surface area contributed by atoms with Crippen molar-refractivity contribution in [2.24, 2.45) is 0 Å². The Morgan fingerprint density at radius 2 is 1.83 bits per heavy atom. The van der Waals surface area contributed by atoms with E-state index in [4.69, 9.17) is 10.1 Å².